The molecule has 33 heavy (non-hydrogen) atoms. The van der Waals surface area contributed by atoms with Crippen LogP contribution in [0.4, 0.5) is 4.39 Å². The van der Waals surface area contributed by atoms with Gasteiger partial charge in [0.05, 0.1) is 17.5 Å². The number of halogens is 1. The van der Waals surface area contributed by atoms with Gasteiger partial charge in [0, 0.05) is 31.9 Å². The van der Waals surface area contributed by atoms with E-state index in [1.807, 2.05) is 17.9 Å². The van der Waals surface area contributed by atoms with Gasteiger partial charge in [-0.15, -0.1) is 0 Å². The van der Waals surface area contributed by atoms with Crippen LogP contribution in [0, 0.1) is 5.82 Å². The van der Waals surface area contributed by atoms with Crippen LogP contribution in [-0.4, -0.2) is 56.2 Å². The highest BCUT2D eigenvalue weighted by atomic mass is 32.2. The number of nitrogens with two attached hydrogens (primary N) is 1. The van der Waals surface area contributed by atoms with Crippen molar-refractivity contribution in [2.75, 3.05) is 25.9 Å². The average Bonchev–Trinajstić information content (AvgIpc) is 2.78. The second-order valence-corrected chi connectivity index (χ2v) is 10.8. The van der Waals surface area contributed by atoms with Gasteiger partial charge in [-0.25, -0.2) is 12.8 Å². The molecular formula is C25H34FN3O3S. The fourth-order valence-corrected chi connectivity index (χ4v) is 5.11. The van der Waals surface area contributed by atoms with Crippen molar-refractivity contribution in [2.24, 2.45) is 5.73 Å². The molecule has 2 aromatic carbocycles. The van der Waals surface area contributed by atoms with Crippen LogP contribution in [0.1, 0.15) is 49.8 Å². The van der Waals surface area contributed by atoms with E-state index in [1.165, 1.54) is 18.4 Å². The zero-order valence-corrected chi connectivity index (χ0v) is 20.2. The second kappa shape index (κ2) is 11.2. The van der Waals surface area contributed by atoms with Crippen molar-refractivity contribution in [2.45, 2.75) is 56.1 Å². The summed E-state index contributed by atoms with van der Waals surface area (Å²) in [5, 5.41) is 0. The first kappa shape index (κ1) is 25.3. The molecule has 8 heteroatoms. The lowest BCUT2D eigenvalue weighted by molar-refractivity contribution is -0.138. The number of carbonyl (C=O) groups excluding carboxylic acids is 1. The van der Waals surface area contributed by atoms with Crippen LogP contribution in [-0.2, 0) is 21.1 Å². The zero-order chi connectivity index (χ0) is 24.0. The van der Waals surface area contributed by atoms with Crippen molar-refractivity contribution in [3.05, 3.63) is 65.5 Å². The number of rotatable bonds is 9. The number of amides is 1. The summed E-state index contributed by atoms with van der Waals surface area (Å²) in [6.07, 6.45) is 5.12. The van der Waals surface area contributed by atoms with Crippen LogP contribution in [0.5, 0.6) is 0 Å². The van der Waals surface area contributed by atoms with E-state index in [0.717, 1.165) is 43.5 Å². The molecule has 1 aliphatic rings. The van der Waals surface area contributed by atoms with Crippen molar-refractivity contribution in [1.29, 1.82) is 0 Å². The van der Waals surface area contributed by atoms with E-state index in [1.54, 1.807) is 30.3 Å². The molecule has 1 fully saturated rings. The highest BCUT2D eigenvalue weighted by Crippen LogP contribution is 2.24. The Morgan fingerprint density at radius 1 is 1.21 bits per heavy atom. The summed E-state index contributed by atoms with van der Waals surface area (Å²) in [5.74, 6) is -0.262. The van der Waals surface area contributed by atoms with E-state index >= 15 is 0 Å². The number of hydrogen-bond acceptors (Lipinski definition) is 5. The summed E-state index contributed by atoms with van der Waals surface area (Å²) in [5.41, 5.74) is 7.90. The second-order valence-electron chi connectivity index (χ2n) is 8.74. The maximum absolute atomic E-state index is 13.5. The first-order valence-electron chi connectivity index (χ1n) is 11.5. The third-order valence-corrected chi connectivity index (χ3v) is 7.44. The van der Waals surface area contributed by atoms with Gasteiger partial charge in [-0.1, -0.05) is 24.3 Å². The molecule has 1 unspecified atom stereocenters. The van der Waals surface area contributed by atoms with Crippen molar-refractivity contribution in [3.8, 4) is 0 Å². The van der Waals surface area contributed by atoms with E-state index in [-0.39, 0.29) is 35.2 Å². The van der Waals surface area contributed by atoms with Crippen molar-refractivity contribution in [1.82, 2.24) is 9.80 Å². The Morgan fingerprint density at radius 2 is 1.94 bits per heavy atom. The first-order valence-corrected chi connectivity index (χ1v) is 13.4. The van der Waals surface area contributed by atoms with Gasteiger partial charge in [0.15, 0.2) is 9.84 Å². The molecule has 1 amide bonds. The van der Waals surface area contributed by atoms with E-state index in [4.69, 9.17) is 5.73 Å². The number of likely N-dealkylation sites (N-methyl/N-ethyl adjacent to an activating group) is 1. The molecule has 0 radical (unpaired) electrons. The van der Waals surface area contributed by atoms with Crippen LogP contribution >= 0.6 is 0 Å². The minimum Gasteiger partial charge on any atom is -0.327 e. The molecule has 2 atom stereocenters. The molecule has 0 spiro atoms. The van der Waals surface area contributed by atoms with Gasteiger partial charge in [0.2, 0.25) is 5.91 Å². The monoisotopic (exact) mass is 475 g/mol. The van der Waals surface area contributed by atoms with E-state index in [0.29, 0.717) is 13.0 Å². The van der Waals surface area contributed by atoms with Gasteiger partial charge in [-0.3, -0.25) is 9.69 Å². The fourth-order valence-electron chi connectivity index (χ4n) is 4.48. The molecule has 1 aliphatic heterocycles. The fraction of sp³-hybridized carbons (Fsp3) is 0.480. The zero-order valence-electron chi connectivity index (χ0n) is 19.4. The van der Waals surface area contributed by atoms with Gasteiger partial charge in [0.25, 0.3) is 0 Å². The molecule has 2 aromatic rings. The summed E-state index contributed by atoms with van der Waals surface area (Å²) in [6.45, 7) is 4.20. The molecular weight excluding hydrogens is 441 g/mol. The van der Waals surface area contributed by atoms with Gasteiger partial charge in [-0.05, 0) is 68.0 Å². The molecule has 6 nitrogen and oxygen atoms in total. The van der Waals surface area contributed by atoms with Crippen LogP contribution < -0.4 is 5.73 Å². The third-order valence-electron chi connectivity index (χ3n) is 6.31. The maximum Gasteiger partial charge on any atom is 0.228 e. The Hall–Kier alpha value is -2.29. The molecule has 180 valence electrons. The largest absolute Gasteiger partial charge is 0.327 e. The summed E-state index contributed by atoms with van der Waals surface area (Å²) >= 11 is 0. The lowest BCUT2D eigenvalue weighted by atomic mass is 10.0. The van der Waals surface area contributed by atoms with Crippen molar-refractivity contribution >= 4 is 15.7 Å². The SMILES string of the molecule is CCN(C(=O)Cc1ccc(S(C)(=O)=O)cc1)[C@H]1CCCCN1CCC(N)c1cccc(F)c1. The number of carbonyl (C=O) groups is 1. The summed E-state index contributed by atoms with van der Waals surface area (Å²) in [7, 11) is -3.26. The van der Waals surface area contributed by atoms with Crippen LogP contribution in [0.3, 0.4) is 0 Å². The number of benzene rings is 2. The predicted molar refractivity (Wildman–Crippen MR) is 128 cm³/mol. The number of hydrogen-bond donors (Lipinski definition) is 1. The average molecular weight is 476 g/mol. The lowest BCUT2D eigenvalue weighted by Crippen LogP contribution is -2.53. The third kappa shape index (κ3) is 6.85. The van der Waals surface area contributed by atoms with Gasteiger partial charge in [0.1, 0.15) is 5.82 Å². The topological polar surface area (TPSA) is 83.7 Å². The number of piperidine rings is 1. The smallest absolute Gasteiger partial charge is 0.228 e. The van der Waals surface area contributed by atoms with E-state index < -0.39 is 9.84 Å². The Labute approximate surface area is 196 Å². The number of sulfone groups is 1. The highest BCUT2D eigenvalue weighted by Gasteiger charge is 2.30. The standard InChI is InChI=1S/C25H34FN3O3S/c1-3-29(25(30)17-19-10-12-22(13-11-19)33(2,31)32)24-9-4-5-15-28(24)16-14-23(27)20-7-6-8-21(26)18-20/h6-8,10-13,18,23-24H,3-5,9,14-17,27H2,1-2H3/t23?,24-/m0/s1. The molecule has 1 heterocycles. The highest BCUT2D eigenvalue weighted by molar-refractivity contribution is 7.90. The quantitative estimate of drug-likeness (QED) is 0.600. The molecule has 0 aliphatic carbocycles. The normalized spacial score (nSPS) is 18.1. The Bertz CT molecular complexity index is 1040. The molecule has 2 N–H and O–H groups in total. The van der Waals surface area contributed by atoms with Gasteiger partial charge < -0.3 is 10.6 Å². The predicted octanol–water partition coefficient (Wildman–Crippen LogP) is 3.52. The van der Waals surface area contributed by atoms with Crippen LogP contribution in [0.15, 0.2) is 53.4 Å². The Morgan fingerprint density at radius 3 is 2.58 bits per heavy atom. The van der Waals surface area contributed by atoms with Crippen molar-refractivity contribution in [3.63, 3.8) is 0 Å². The molecule has 0 bridgehead atoms. The minimum absolute atomic E-state index is 0.00579. The number of likely N-dealkylation sites (tertiary alicyclic amines) is 1. The first-order chi connectivity index (χ1) is 15.7. The Kier molecular flexibility index (Phi) is 8.62. The molecule has 1 saturated heterocycles. The lowest BCUT2D eigenvalue weighted by Gasteiger charge is -2.42. The van der Waals surface area contributed by atoms with Gasteiger partial charge in [-0.2, -0.15) is 0 Å². The minimum atomic E-state index is -3.26. The van der Waals surface area contributed by atoms with Crippen LogP contribution in [0.25, 0.3) is 0 Å². The summed E-state index contributed by atoms with van der Waals surface area (Å²) in [6, 6.07) is 12.7. The molecule has 3 rings (SSSR count). The maximum atomic E-state index is 13.5. The number of nitrogens with zero attached hydrogens (tertiary/aromatic N) is 2. The van der Waals surface area contributed by atoms with Crippen molar-refractivity contribution < 1.29 is 17.6 Å². The van der Waals surface area contributed by atoms with Gasteiger partial charge >= 0.3 is 0 Å². The van der Waals surface area contributed by atoms with E-state index in [9.17, 15) is 17.6 Å². The molecule has 0 saturated carbocycles. The molecule has 0 aromatic heterocycles. The van der Waals surface area contributed by atoms with Crippen LogP contribution in [0.2, 0.25) is 0 Å². The summed E-state index contributed by atoms with van der Waals surface area (Å²) < 4.78 is 36.9. The summed E-state index contributed by atoms with van der Waals surface area (Å²) in [4.78, 5) is 17.7. The Balaban J connectivity index is 1.65. The van der Waals surface area contributed by atoms with E-state index in [2.05, 4.69) is 4.90 Å².